The van der Waals surface area contributed by atoms with E-state index in [9.17, 15) is 18.0 Å². The molecule has 0 fully saturated rings. The first-order chi connectivity index (χ1) is 13.7. The van der Waals surface area contributed by atoms with Gasteiger partial charge in [0.2, 0.25) is 5.89 Å². The number of rotatable bonds is 2. The summed E-state index contributed by atoms with van der Waals surface area (Å²) >= 11 is 9.35. The van der Waals surface area contributed by atoms with E-state index in [1.165, 1.54) is 18.3 Å². The molecule has 0 spiro atoms. The highest BCUT2D eigenvalue weighted by molar-refractivity contribution is 9.10. The molecule has 0 saturated carbocycles. The van der Waals surface area contributed by atoms with Gasteiger partial charge in [0.1, 0.15) is 11.1 Å². The van der Waals surface area contributed by atoms with Crippen LogP contribution in [0.5, 0.6) is 0 Å². The molecule has 0 radical (unpaired) electrons. The summed E-state index contributed by atoms with van der Waals surface area (Å²) in [4.78, 5) is 20.8. The molecule has 3 aromatic heterocycles. The van der Waals surface area contributed by atoms with Crippen LogP contribution in [0.1, 0.15) is 11.3 Å². The van der Waals surface area contributed by atoms with Crippen LogP contribution in [0.2, 0.25) is 5.02 Å². The molecule has 0 N–H and O–H groups in total. The van der Waals surface area contributed by atoms with Gasteiger partial charge in [-0.15, -0.1) is 0 Å². The Hall–Kier alpha value is -2.72. The first kappa shape index (κ1) is 19.6. The molecule has 1 aromatic carbocycles. The number of halogens is 5. The maximum absolute atomic E-state index is 13.3. The topological polar surface area (TPSA) is 73.8 Å². The van der Waals surface area contributed by atoms with Crippen LogP contribution in [0, 0.1) is 6.92 Å². The molecule has 0 atom stereocenters. The van der Waals surface area contributed by atoms with Gasteiger partial charge in [0, 0.05) is 16.7 Å². The highest BCUT2D eigenvalue weighted by Gasteiger charge is 2.36. The van der Waals surface area contributed by atoms with E-state index >= 15 is 0 Å². The standard InChI is InChI=1S/C18H9BrClF3N4O2/c1-8-4-5-9(19)13-14(8)25-16(29-17(13)28)11-7-12(18(21,22)23)26-27(11)15-10(20)3-2-6-24-15/h2-7H,1H3. The predicted octanol–water partition coefficient (Wildman–Crippen LogP) is 5.18. The molecule has 148 valence electrons. The molecule has 4 aromatic rings. The molecule has 11 heteroatoms. The molecular weight excluding hydrogens is 477 g/mol. The summed E-state index contributed by atoms with van der Waals surface area (Å²) in [7, 11) is 0. The average molecular weight is 486 g/mol. The third-order valence-electron chi connectivity index (χ3n) is 4.09. The van der Waals surface area contributed by atoms with Crippen molar-refractivity contribution in [3.8, 4) is 17.4 Å². The summed E-state index contributed by atoms with van der Waals surface area (Å²) < 4.78 is 46.5. The lowest BCUT2D eigenvalue weighted by Gasteiger charge is -2.08. The number of pyridine rings is 1. The van der Waals surface area contributed by atoms with E-state index in [1.807, 2.05) is 0 Å². The number of hydrogen-bond acceptors (Lipinski definition) is 5. The van der Waals surface area contributed by atoms with E-state index in [4.69, 9.17) is 16.0 Å². The number of aryl methyl sites for hydroxylation is 1. The molecule has 0 saturated heterocycles. The molecule has 0 aliphatic rings. The second-order valence-electron chi connectivity index (χ2n) is 6.03. The van der Waals surface area contributed by atoms with Crippen molar-refractivity contribution in [1.82, 2.24) is 19.7 Å². The Balaban J connectivity index is 2.05. The molecule has 0 aliphatic heterocycles. The van der Waals surface area contributed by atoms with Crippen LogP contribution < -0.4 is 5.63 Å². The second-order valence-corrected chi connectivity index (χ2v) is 7.29. The summed E-state index contributed by atoms with van der Waals surface area (Å²) in [6, 6.07) is 7.09. The van der Waals surface area contributed by atoms with Crippen molar-refractivity contribution in [3.63, 3.8) is 0 Å². The first-order valence-electron chi connectivity index (χ1n) is 8.05. The molecule has 0 aliphatic carbocycles. The summed E-state index contributed by atoms with van der Waals surface area (Å²) in [5, 5.41) is 3.82. The number of benzene rings is 1. The quantitative estimate of drug-likeness (QED) is 0.391. The Bertz CT molecular complexity index is 1320. The summed E-state index contributed by atoms with van der Waals surface area (Å²) in [5.74, 6) is -0.399. The van der Waals surface area contributed by atoms with Gasteiger partial charge in [-0.1, -0.05) is 17.7 Å². The molecule has 0 amide bonds. The third kappa shape index (κ3) is 3.42. The van der Waals surface area contributed by atoms with Crippen LogP contribution in [-0.2, 0) is 6.18 Å². The Morgan fingerprint density at radius 1 is 1.24 bits per heavy atom. The molecule has 0 bridgehead atoms. The van der Waals surface area contributed by atoms with Crippen molar-refractivity contribution in [2.45, 2.75) is 13.1 Å². The summed E-state index contributed by atoms with van der Waals surface area (Å²) in [5.41, 5.74) is -1.23. The smallest absolute Gasteiger partial charge is 0.401 e. The van der Waals surface area contributed by atoms with E-state index in [-0.39, 0.29) is 27.8 Å². The Labute approximate surface area is 174 Å². The van der Waals surface area contributed by atoms with Crippen LogP contribution in [-0.4, -0.2) is 19.7 Å². The zero-order valence-corrected chi connectivity index (χ0v) is 16.8. The fraction of sp³-hybridized carbons (Fsp3) is 0.111. The van der Waals surface area contributed by atoms with Gasteiger partial charge in [0.25, 0.3) is 0 Å². The molecule has 0 unspecified atom stereocenters. The number of nitrogens with zero attached hydrogens (tertiary/aromatic N) is 4. The van der Waals surface area contributed by atoms with Crippen LogP contribution >= 0.6 is 27.5 Å². The highest BCUT2D eigenvalue weighted by Crippen LogP contribution is 2.34. The molecule has 6 nitrogen and oxygen atoms in total. The number of aromatic nitrogens is 4. The molecule has 29 heavy (non-hydrogen) atoms. The second kappa shape index (κ2) is 6.96. The van der Waals surface area contributed by atoms with Crippen molar-refractivity contribution in [3.05, 3.63) is 67.7 Å². The van der Waals surface area contributed by atoms with Crippen LogP contribution in [0.4, 0.5) is 13.2 Å². The van der Waals surface area contributed by atoms with E-state index in [0.29, 0.717) is 15.6 Å². The predicted molar refractivity (Wildman–Crippen MR) is 103 cm³/mol. The minimum atomic E-state index is -4.74. The fourth-order valence-corrected chi connectivity index (χ4v) is 3.43. The fourth-order valence-electron chi connectivity index (χ4n) is 2.75. The van der Waals surface area contributed by atoms with Crippen molar-refractivity contribution in [2.24, 2.45) is 0 Å². The van der Waals surface area contributed by atoms with Crippen LogP contribution in [0.25, 0.3) is 28.3 Å². The zero-order valence-electron chi connectivity index (χ0n) is 14.5. The Morgan fingerprint density at radius 2 is 2.00 bits per heavy atom. The minimum absolute atomic E-state index is 0.0600. The Morgan fingerprint density at radius 3 is 2.69 bits per heavy atom. The van der Waals surface area contributed by atoms with E-state index in [0.717, 1.165) is 10.7 Å². The molecular formula is C18H9BrClF3N4O2. The SMILES string of the molecule is Cc1ccc(Br)c2c(=O)oc(-c3cc(C(F)(F)F)nn3-c3ncccc3Cl)nc12. The van der Waals surface area contributed by atoms with Crippen molar-refractivity contribution >= 4 is 38.4 Å². The number of hydrogen-bond donors (Lipinski definition) is 0. The van der Waals surface area contributed by atoms with Gasteiger partial charge in [-0.2, -0.15) is 18.3 Å². The molecule has 3 heterocycles. The largest absolute Gasteiger partial charge is 0.435 e. The van der Waals surface area contributed by atoms with Crippen molar-refractivity contribution in [2.75, 3.05) is 0 Å². The van der Waals surface area contributed by atoms with Gasteiger partial charge in [0.05, 0.1) is 10.5 Å². The monoisotopic (exact) mass is 484 g/mol. The van der Waals surface area contributed by atoms with Gasteiger partial charge in [-0.3, -0.25) is 0 Å². The lowest BCUT2D eigenvalue weighted by atomic mass is 10.1. The van der Waals surface area contributed by atoms with Gasteiger partial charge >= 0.3 is 11.8 Å². The summed E-state index contributed by atoms with van der Waals surface area (Å²) in [6.45, 7) is 1.72. The van der Waals surface area contributed by atoms with E-state index < -0.39 is 17.5 Å². The van der Waals surface area contributed by atoms with E-state index in [2.05, 4.69) is 31.0 Å². The maximum Gasteiger partial charge on any atom is 0.435 e. The Kier molecular flexibility index (Phi) is 4.70. The third-order valence-corrected chi connectivity index (χ3v) is 5.05. The highest BCUT2D eigenvalue weighted by atomic mass is 79.9. The average Bonchev–Trinajstić information content (AvgIpc) is 3.10. The van der Waals surface area contributed by atoms with Crippen LogP contribution in [0.3, 0.4) is 0 Å². The van der Waals surface area contributed by atoms with Gasteiger partial charge < -0.3 is 4.42 Å². The van der Waals surface area contributed by atoms with Crippen molar-refractivity contribution in [1.29, 1.82) is 0 Å². The number of alkyl halides is 3. The van der Waals surface area contributed by atoms with Gasteiger partial charge in [-0.05, 0) is 46.6 Å². The number of fused-ring (bicyclic) bond motifs is 1. The van der Waals surface area contributed by atoms with Gasteiger partial charge in [0.15, 0.2) is 11.5 Å². The van der Waals surface area contributed by atoms with Crippen LogP contribution in [0.15, 0.2) is 50.2 Å². The van der Waals surface area contributed by atoms with E-state index in [1.54, 1.807) is 19.1 Å². The lowest BCUT2D eigenvalue weighted by molar-refractivity contribution is -0.141. The lowest BCUT2D eigenvalue weighted by Crippen LogP contribution is -2.09. The first-order valence-corrected chi connectivity index (χ1v) is 9.22. The minimum Gasteiger partial charge on any atom is -0.401 e. The molecule has 4 rings (SSSR count). The normalized spacial score (nSPS) is 11.9. The zero-order chi connectivity index (χ0) is 20.9. The van der Waals surface area contributed by atoms with Crippen molar-refractivity contribution < 1.29 is 17.6 Å². The summed E-state index contributed by atoms with van der Waals surface area (Å²) in [6.07, 6.45) is -3.39. The van der Waals surface area contributed by atoms with Gasteiger partial charge in [-0.25, -0.2) is 19.4 Å². The maximum atomic E-state index is 13.3.